The highest BCUT2D eigenvalue weighted by Gasteiger charge is 2.18. The smallest absolute Gasteiger partial charge is 0.408 e. The molecule has 10 nitrogen and oxygen atoms in total. The lowest BCUT2D eigenvalue weighted by Gasteiger charge is -2.19. The van der Waals surface area contributed by atoms with E-state index in [2.05, 4.69) is 10.6 Å². The van der Waals surface area contributed by atoms with Crippen molar-refractivity contribution in [3.63, 3.8) is 0 Å². The Morgan fingerprint density at radius 2 is 1.03 bits per heavy atom. The molecule has 1 aromatic carbocycles. The summed E-state index contributed by atoms with van der Waals surface area (Å²) < 4.78 is 20.4. The van der Waals surface area contributed by atoms with Gasteiger partial charge >= 0.3 is 24.1 Å². The van der Waals surface area contributed by atoms with Crippen LogP contribution in [0.15, 0.2) is 24.3 Å². The van der Waals surface area contributed by atoms with E-state index in [9.17, 15) is 19.2 Å². The number of hydrogen-bond acceptors (Lipinski definition) is 8. The molecule has 0 aliphatic heterocycles. The number of carbonyl (C=O) groups is 4. The molecule has 1 rings (SSSR count). The Hall–Kier alpha value is -3.30. The number of rotatable bonds is 8. The Kier molecular flexibility index (Phi) is 9.96. The Balaban J connectivity index is 2.45. The summed E-state index contributed by atoms with van der Waals surface area (Å²) in [4.78, 5) is 46.9. The molecule has 0 aliphatic rings. The standard InChI is InChI=1S/C22H32N2O8/c1-21(2,3)31-19(27)23-11-17(25)29-13-15-9-7-8-10-16(15)14-30-18(26)12-24-20(28)32-22(4,5)6/h7-10H,11-14H2,1-6H3,(H,23,27)(H,24,28). The third kappa shape index (κ3) is 12.4. The van der Waals surface area contributed by atoms with Crippen LogP contribution in [0.4, 0.5) is 9.59 Å². The monoisotopic (exact) mass is 452 g/mol. The van der Waals surface area contributed by atoms with Gasteiger partial charge in [-0.25, -0.2) is 9.59 Å². The summed E-state index contributed by atoms with van der Waals surface area (Å²) in [5.74, 6) is -1.30. The molecule has 0 heterocycles. The van der Waals surface area contributed by atoms with E-state index in [4.69, 9.17) is 18.9 Å². The third-order valence-corrected chi connectivity index (χ3v) is 3.45. The fraction of sp³-hybridized carbons (Fsp3) is 0.545. The van der Waals surface area contributed by atoms with E-state index in [-0.39, 0.29) is 26.3 Å². The van der Waals surface area contributed by atoms with Crippen molar-refractivity contribution < 1.29 is 38.1 Å². The number of esters is 2. The number of amides is 2. The molecule has 0 aliphatic carbocycles. The highest BCUT2D eigenvalue weighted by atomic mass is 16.6. The fourth-order valence-electron chi connectivity index (χ4n) is 2.17. The van der Waals surface area contributed by atoms with Crippen LogP contribution in [0.5, 0.6) is 0 Å². The lowest BCUT2D eigenvalue weighted by Crippen LogP contribution is -2.36. The predicted octanol–water partition coefficient (Wildman–Crippen LogP) is 2.82. The molecule has 0 atom stereocenters. The molecule has 0 radical (unpaired) electrons. The zero-order valence-electron chi connectivity index (χ0n) is 19.4. The average Bonchev–Trinajstić information content (AvgIpc) is 2.65. The number of carbonyl (C=O) groups excluding carboxylic acids is 4. The quantitative estimate of drug-likeness (QED) is 0.455. The second kappa shape index (κ2) is 11.9. The first-order chi connectivity index (χ1) is 14.7. The van der Waals surface area contributed by atoms with Gasteiger partial charge in [0.25, 0.3) is 0 Å². The second-order valence-corrected chi connectivity index (χ2v) is 8.80. The van der Waals surface area contributed by atoms with Gasteiger partial charge in [0.1, 0.15) is 37.5 Å². The molecule has 0 bridgehead atoms. The summed E-state index contributed by atoms with van der Waals surface area (Å²) in [6, 6.07) is 6.93. The van der Waals surface area contributed by atoms with Gasteiger partial charge in [-0.3, -0.25) is 9.59 Å². The van der Waals surface area contributed by atoms with Crippen molar-refractivity contribution in [3.05, 3.63) is 35.4 Å². The van der Waals surface area contributed by atoms with Gasteiger partial charge in [0.2, 0.25) is 0 Å². The van der Waals surface area contributed by atoms with Crippen LogP contribution in [-0.4, -0.2) is 48.4 Å². The van der Waals surface area contributed by atoms with Crippen molar-refractivity contribution >= 4 is 24.1 Å². The zero-order valence-corrected chi connectivity index (χ0v) is 19.4. The predicted molar refractivity (Wildman–Crippen MR) is 115 cm³/mol. The lowest BCUT2D eigenvalue weighted by atomic mass is 10.1. The largest absolute Gasteiger partial charge is 0.459 e. The highest BCUT2D eigenvalue weighted by Crippen LogP contribution is 2.12. The van der Waals surface area contributed by atoms with Crippen LogP contribution >= 0.6 is 0 Å². The topological polar surface area (TPSA) is 129 Å². The molecule has 0 unspecified atom stereocenters. The van der Waals surface area contributed by atoms with Crippen molar-refractivity contribution in [1.82, 2.24) is 10.6 Å². The molecule has 10 heteroatoms. The molecule has 0 spiro atoms. The van der Waals surface area contributed by atoms with Gasteiger partial charge in [-0.05, 0) is 52.7 Å². The number of nitrogens with one attached hydrogen (secondary N) is 2. The van der Waals surface area contributed by atoms with E-state index >= 15 is 0 Å². The molecule has 32 heavy (non-hydrogen) atoms. The van der Waals surface area contributed by atoms with Crippen LogP contribution in [0.1, 0.15) is 52.7 Å². The Bertz CT molecular complexity index is 742. The minimum Gasteiger partial charge on any atom is -0.459 e. The van der Waals surface area contributed by atoms with Crippen molar-refractivity contribution in [2.24, 2.45) is 0 Å². The van der Waals surface area contributed by atoms with E-state index < -0.39 is 35.3 Å². The minimum absolute atomic E-state index is 0.0707. The summed E-state index contributed by atoms with van der Waals surface area (Å²) in [7, 11) is 0. The molecule has 0 aromatic heterocycles. The normalized spacial score (nSPS) is 11.2. The molecular formula is C22H32N2O8. The average molecular weight is 453 g/mol. The van der Waals surface area contributed by atoms with Crippen molar-refractivity contribution in [2.75, 3.05) is 13.1 Å². The summed E-state index contributed by atoms with van der Waals surface area (Å²) in [5, 5.41) is 4.63. The number of benzene rings is 1. The van der Waals surface area contributed by atoms with Crippen molar-refractivity contribution in [1.29, 1.82) is 0 Å². The van der Waals surface area contributed by atoms with Gasteiger partial charge in [-0.1, -0.05) is 24.3 Å². The van der Waals surface area contributed by atoms with E-state index in [0.29, 0.717) is 11.1 Å². The highest BCUT2D eigenvalue weighted by molar-refractivity contribution is 5.78. The maximum atomic E-state index is 11.9. The lowest BCUT2D eigenvalue weighted by molar-refractivity contribution is -0.145. The maximum absolute atomic E-state index is 11.9. The molecule has 0 saturated heterocycles. The molecule has 0 saturated carbocycles. The maximum Gasteiger partial charge on any atom is 0.408 e. The first-order valence-corrected chi connectivity index (χ1v) is 10.1. The third-order valence-electron chi connectivity index (χ3n) is 3.45. The van der Waals surface area contributed by atoms with Crippen molar-refractivity contribution in [2.45, 2.75) is 66.0 Å². The molecule has 178 valence electrons. The van der Waals surface area contributed by atoms with Crippen LogP contribution in [0.25, 0.3) is 0 Å². The molecule has 0 fully saturated rings. The van der Waals surface area contributed by atoms with E-state index in [1.807, 2.05) is 0 Å². The first-order valence-electron chi connectivity index (χ1n) is 10.1. The summed E-state index contributed by atoms with van der Waals surface area (Å²) in [6.07, 6.45) is -1.44. The van der Waals surface area contributed by atoms with Crippen LogP contribution < -0.4 is 10.6 Å². The van der Waals surface area contributed by atoms with Crippen molar-refractivity contribution in [3.8, 4) is 0 Å². The minimum atomic E-state index is -0.721. The molecular weight excluding hydrogens is 420 g/mol. The van der Waals surface area contributed by atoms with Gasteiger partial charge in [-0.15, -0.1) is 0 Å². The van der Waals surface area contributed by atoms with E-state index in [1.165, 1.54) is 0 Å². The molecule has 1 aromatic rings. The number of hydrogen-bond donors (Lipinski definition) is 2. The SMILES string of the molecule is CC(C)(C)OC(=O)NCC(=O)OCc1ccccc1COC(=O)CNC(=O)OC(C)(C)C. The van der Waals surface area contributed by atoms with Crippen LogP contribution in [0, 0.1) is 0 Å². The van der Waals surface area contributed by atoms with Gasteiger partial charge < -0.3 is 29.6 Å². The fourth-order valence-corrected chi connectivity index (χ4v) is 2.17. The second-order valence-electron chi connectivity index (χ2n) is 8.80. The first kappa shape index (κ1) is 26.7. The van der Waals surface area contributed by atoms with E-state index in [0.717, 1.165) is 0 Å². The van der Waals surface area contributed by atoms with Gasteiger partial charge in [0, 0.05) is 0 Å². The van der Waals surface area contributed by atoms with E-state index in [1.54, 1.807) is 65.8 Å². The summed E-state index contributed by atoms with van der Waals surface area (Å²) in [6.45, 7) is 9.43. The molecule has 2 N–H and O–H groups in total. The van der Waals surface area contributed by atoms with Crippen LogP contribution in [0.3, 0.4) is 0 Å². The van der Waals surface area contributed by atoms with Gasteiger partial charge in [-0.2, -0.15) is 0 Å². The van der Waals surface area contributed by atoms with Gasteiger partial charge in [0.05, 0.1) is 0 Å². The Morgan fingerprint density at radius 1 is 0.688 bits per heavy atom. The molecule has 2 amide bonds. The Labute approximate surface area is 187 Å². The van der Waals surface area contributed by atoms with Gasteiger partial charge in [0.15, 0.2) is 0 Å². The Morgan fingerprint density at radius 3 is 1.34 bits per heavy atom. The summed E-state index contributed by atoms with van der Waals surface area (Å²) in [5.41, 5.74) is -0.0865. The van der Waals surface area contributed by atoms with Crippen LogP contribution in [-0.2, 0) is 41.8 Å². The number of alkyl carbamates (subject to hydrolysis) is 2. The van der Waals surface area contributed by atoms with Crippen LogP contribution in [0.2, 0.25) is 0 Å². The zero-order chi connectivity index (χ0) is 24.4. The number of ether oxygens (including phenoxy) is 4. The summed E-state index contributed by atoms with van der Waals surface area (Å²) >= 11 is 0.